The number of hydrazone groups is 1. The molecule has 2 heterocycles. The van der Waals surface area contributed by atoms with Gasteiger partial charge in [0.2, 0.25) is 15.9 Å². The minimum absolute atomic E-state index is 0.228. The molecule has 6 nitrogen and oxygen atoms in total. The SMILES string of the molecule is Cc1ccsc1/C=N/NC(=O)C1CCCN(S(C)(=O)=O)C1. The van der Waals surface area contributed by atoms with Gasteiger partial charge in [0, 0.05) is 18.0 Å². The first-order valence-corrected chi connectivity index (χ1v) is 9.43. The number of nitrogens with one attached hydrogen (secondary N) is 1. The summed E-state index contributed by atoms with van der Waals surface area (Å²) in [5.41, 5.74) is 3.62. The molecule has 0 radical (unpaired) electrons. The number of piperidine rings is 1. The standard InChI is InChI=1S/C13H19N3O3S2/c1-10-5-7-20-12(10)8-14-15-13(17)11-4-3-6-16(9-11)21(2,18)19/h5,7-8,11H,3-4,6,9H2,1-2H3,(H,15,17)/b14-8+. The summed E-state index contributed by atoms with van der Waals surface area (Å²) >= 11 is 1.55. The Hall–Kier alpha value is -1.25. The second-order valence-electron chi connectivity index (χ2n) is 5.16. The van der Waals surface area contributed by atoms with E-state index in [1.165, 1.54) is 10.6 Å². The molecule has 1 saturated heterocycles. The van der Waals surface area contributed by atoms with Gasteiger partial charge in [0.05, 0.1) is 18.4 Å². The molecule has 0 aromatic carbocycles. The third-order valence-corrected chi connectivity index (χ3v) is 5.71. The number of nitrogens with zero attached hydrogens (tertiary/aromatic N) is 2. The maximum atomic E-state index is 12.0. The molecular weight excluding hydrogens is 310 g/mol. The van der Waals surface area contributed by atoms with E-state index in [2.05, 4.69) is 10.5 Å². The van der Waals surface area contributed by atoms with Crippen LogP contribution in [0.1, 0.15) is 23.3 Å². The summed E-state index contributed by atoms with van der Waals surface area (Å²) in [6.45, 7) is 2.70. The van der Waals surface area contributed by atoms with Crippen LogP contribution in [0, 0.1) is 12.8 Å². The molecule has 0 aliphatic carbocycles. The van der Waals surface area contributed by atoms with Gasteiger partial charge in [-0.15, -0.1) is 11.3 Å². The largest absolute Gasteiger partial charge is 0.273 e. The monoisotopic (exact) mass is 329 g/mol. The van der Waals surface area contributed by atoms with Gasteiger partial charge in [-0.2, -0.15) is 5.10 Å². The van der Waals surface area contributed by atoms with E-state index < -0.39 is 10.0 Å². The van der Waals surface area contributed by atoms with Crippen molar-refractivity contribution in [3.05, 3.63) is 21.9 Å². The lowest BCUT2D eigenvalue weighted by molar-refractivity contribution is -0.126. The summed E-state index contributed by atoms with van der Waals surface area (Å²) in [5.74, 6) is -0.566. The van der Waals surface area contributed by atoms with Crippen LogP contribution in [-0.2, 0) is 14.8 Å². The van der Waals surface area contributed by atoms with Crippen LogP contribution in [-0.4, -0.2) is 44.2 Å². The summed E-state index contributed by atoms with van der Waals surface area (Å²) in [4.78, 5) is 13.0. The van der Waals surface area contributed by atoms with E-state index in [4.69, 9.17) is 0 Å². The molecule has 1 aromatic rings. The Bertz CT molecular complexity index is 637. The highest BCUT2D eigenvalue weighted by atomic mass is 32.2. The molecule has 1 amide bonds. The van der Waals surface area contributed by atoms with E-state index in [9.17, 15) is 13.2 Å². The third-order valence-electron chi connectivity index (χ3n) is 3.48. The lowest BCUT2D eigenvalue weighted by Crippen LogP contribution is -2.44. The van der Waals surface area contributed by atoms with Gasteiger partial charge >= 0.3 is 0 Å². The number of thiophene rings is 1. The van der Waals surface area contributed by atoms with E-state index >= 15 is 0 Å². The van der Waals surface area contributed by atoms with Crippen molar-refractivity contribution in [1.82, 2.24) is 9.73 Å². The zero-order chi connectivity index (χ0) is 15.5. The highest BCUT2D eigenvalue weighted by Gasteiger charge is 2.29. The van der Waals surface area contributed by atoms with Crippen LogP contribution in [0.3, 0.4) is 0 Å². The number of hydrogen-bond acceptors (Lipinski definition) is 5. The molecular formula is C13H19N3O3S2. The van der Waals surface area contributed by atoms with Gasteiger partial charge in [0.25, 0.3) is 0 Å². The number of amides is 1. The predicted octanol–water partition coefficient (Wildman–Crippen LogP) is 1.18. The summed E-state index contributed by atoms with van der Waals surface area (Å²) in [6, 6.07) is 1.99. The lowest BCUT2D eigenvalue weighted by atomic mass is 9.99. The van der Waals surface area contributed by atoms with Crippen molar-refractivity contribution in [1.29, 1.82) is 0 Å². The quantitative estimate of drug-likeness (QED) is 0.665. The van der Waals surface area contributed by atoms with Gasteiger partial charge in [0.15, 0.2) is 0 Å². The maximum absolute atomic E-state index is 12.0. The summed E-state index contributed by atoms with van der Waals surface area (Å²) in [7, 11) is -3.24. The molecule has 1 unspecified atom stereocenters. The van der Waals surface area contributed by atoms with Crippen LogP contribution in [0.25, 0.3) is 0 Å². The Kier molecular flexibility index (Phi) is 5.13. The van der Waals surface area contributed by atoms with Crippen molar-refractivity contribution in [2.75, 3.05) is 19.3 Å². The third kappa shape index (κ3) is 4.36. The van der Waals surface area contributed by atoms with Crippen LogP contribution in [0.5, 0.6) is 0 Å². The average molecular weight is 329 g/mol. The van der Waals surface area contributed by atoms with E-state index in [0.29, 0.717) is 19.4 Å². The molecule has 8 heteroatoms. The zero-order valence-corrected chi connectivity index (χ0v) is 13.7. The van der Waals surface area contributed by atoms with E-state index in [1.54, 1.807) is 17.6 Å². The molecule has 1 aliphatic rings. The number of aryl methyl sites for hydroxylation is 1. The number of carbonyl (C=O) groups is 1. The van der Waals surface area contributed by atoms with Crippen molar-refractivity contribution < 1.29 is 13.2 Å². The van der Waals surface area contributed by atoms with Crippen molar-refractivity contribution in [2.24, 2.45) is 11.0 Å². The molecule has 21 heavy (non-hydrogen) atoms. The van der Waals surface area contributed by atoms with Crippen LogP contribution in [0.15, 0.2) is 16.5 Å². The predicted molar refractivity (Wildman–Crippen MR) is 83.9 cm³/mol. The fourth-order valence-electron chi connectivity index (χ4n) is 2.22. The highest BCUT2D eigenvalue weighted by Crippen LogP contribution is 2.18. The maximum Gasteiger partial charge on any atom is 0.244 e. The van der Waals surface area contributed by atoms with Crippen molar-refractivity contribution >= 4 is 33.5 Å². The average Bonchev–Trinajstić information content (AvgIpc) is 2.83. The number of rotatable bonds is 4. The number of hydrogen-bond donors (Lipinski definition) is 1. The van der Waals surface area contributed by atoms with Gasteiger partial charge in [-0.25, -0.2) is 18.1 Å². The fraction of sp³-hybridized carbons (Fsp3) is 0.538. The first kappa shape index (κ1) is 16.1. The molecule has 1 aromatic heterocycles. The molecule has 1 N–H and O–H groups in total. The Morgan fingerprint density at radius 2 is 2.33 bits per heavy atom. The van der Waals surface area contributed by atoms with Gasteiger partial charge in [-0.3, -0.25) is 4.79 Å². The van der Waals surface area contributed by atoms with Crippen LogP contribution in [0.2, 0.25) is 0 Å². The second-order valence-corrected chi connectivity index (χ2v) is 8.09. The Labute approximate surface area is 128 Å². The summed E-state index contributed by atoms with van der Waals surface area (Å²) in [6.07, 6.45) is 4.17. The molecule has 0 spiro atoms. The van der Waals surface area contributed by atoms with Gasteiger partial charge in [-0.1, -0.05) is 0 Å². The minimum atomic E-state index is -3.24. The van der Waals surface area contributed by atoms with Gasteiger partial charge in [0.1, 0.15) is 0 Å². The van der Waals surface area contributed by atoms with Crippen LogP contribution in [0.4, 0.5) is 0 Å². The molecule has 2 rings (SSSR count). The molecule has 1 aliphatic heterocycles. The highest BCUT2D eigenvalue weighted by molar-refractivity contribution is 7.88. The second kappa shape index (κ2) is 6.67. The lowest BCUT2D eigenvalue weighted by Gasteiger charge is -2.29. The van der Waals surface area contributed by atoms with Crippen molar-refractivity contribution in [3.8, 4) is 0 Å². The minimum Gasteiger partial charge on any atom is -0.273 e. The van der Waals surface area contributed by atoms with E-state index in [-0.39, 0.29) is 18.4 Å². The molecule has 1 atom stereocenters. The van der Waals surface area contributed by atoms with E-state index in [0.717, 1.165) is 10.4 Å². The molecule has 0 bridgehead atoms. The van der Waals surface area contributed by atoms with Gasteiger partial charge < -0.3 is 0 Å². The summed E-state index contributed by atoms with van der Waals surface area (Å²) < 4.78 is 24.4. The Morgan fingerprint density at radius 3 is 2.95 bits per heavy atom. The number of carbonyl (C=O) groups excluding carboxylic acids is 1. The van der Waals surface area contributed by atoms with Crippen molar-refractivity contribution in [2.45, 2.75) is 19.8 Å². The van der Waals surface area contributed by atoms with Crippen LogP contribution < -0.4 is 5.43 Å². The van der Waals surface area contributed by atoms with E-state index in [1.807, 2.05) is 18.4 Å². The normalized spacial score (nSPS) is 20.8. The number of sulfonamides is 1. The zero-order valence-electron chi connectivity index (χ0n) is 12.1. The Morgan fingerprint density at radius 1 is 1.57 bits per heavy atom. The fourth-order valence-corrected chi connectivity index (χ4v) is 3.92. The summed E-state index contributed by atoms with van der Waals surface area (Å²) in [5, 5.41) is 5.92. The molecule has 1 fully saturated rings. The molecule has 116 valence electrons. The first-order chi connectivity index (χ1) is 9.88. The smallest absolute Gasteiger partial charge is 0.244 e. The topological polar surface area (TPSA) is 78.8 Å². The van der Waals surface area contributed by atoms with Gasteiger partial charge in [-0.05, 0) is 36.8 Å². The van der Waals surface area contributed by atoms with Crippen molar-refractivity contribution in [3.63, 3.8) is 0 Å². The first-order valence-electron chi connectivity index (χ1n) is 6.70. The Balaban J connectivity index is 1.91. The van der Waals surface area contributed by atoms with Crippen LogP contribution >= 0.6 is 11.3 Å². The molecule has 0 saturated carbocycles.